The molecule has 0 unspecified atom stereocenters. The number of hydrogen-bond acceptors (Lipinski definition) is 3. The summed E-state index contributed by atoms with van der Waals surface area (Å²) in [6.45, 7) is 0. The zero-order valence-corrected chi connectivity index (χ0v) is 11.1. The number of amides is 1. The average Bonchev–Trinajstić information content (AvgIpc) is 2.29. The molecule has 1 amide bonds. The molecular formula is C12H15NOS2. The maximum Gasteiger partial charge on any atom is 0.222 e. The van der Waals surface area contributed by atoms with Crippen LogP contribution in [0.25, 0.3) is 0 Å². The van der Waals surface area contributed by atoms with Crippen molar-refractivity contribution in [2.75, 3.05) is 19.8 Å². The predicted octanol–water partition coefficient (Wildman–Crippen LogP) is 2.57. The van der Waals surface area contributed by atoms with Crippen LogP contribution < -0.4 is 0 Å². The van der Waals surface area contributed by atoms with Gasteiger partial charge < -0.3 is 4.90 Å². The summed E-state index contributed by atoms with van der Waals surface area (Å²) in [4.78, 5) is 12.9. The summed E-state index contributed by atoms with van der Waals surface area (Å²) in [5.74, 6) is 0.883. The Balaban J connectivity index is 2.34. The quantitative estimate of drug-likeness (QED) is 0.769. The Morgan fingerprint density at radius 2 is 1.94 bits per heavy atom. The highest BCUT2D eigenvalue weighted by Gasteiger charge is 2.06. The molecule has 0 atom stereocenters. The van der Waals surface area contributed by atoms with Gasteiger partial charge in [0.05, 0.1) is 4.20 Å². The van der Waals surface area contributed by atoms with Crippen LogP contribution in [-0.4, -0.2) is 34.9 Å². The molecule has 0 aliphatic heterocycles. The number of hydrogen-bond donors (Lipinski definition) is 0. The largest absolute Gasteiger partial charge is 0.349 e. The fraction of sp³-hybridized carbons (Fsp3) is 0.333. The SMILES string of the molecule is CN(C)C(=O)CCSC(=S)c1ccccc1. The van der Waals surface area contributed by atoms with Gasteiger partial charge in [0.25, 0.3) is 0 Å². The van der Waals surface area contributed by atoms with Crippen molar-refractivity contribution in [1.29, 1.82) is 0 Å². The van der Waals surface area contributed by atoms with Crippen LogP contribution in [0.5, 0.6) is 0 Å². The third-order valence-corrected chi connectivity index (χ3v) is 3.55. The normalized spacial score (nSPS) is 9.88. The van der Waals surface area contributed by atoms with E-state index in [4.69, 9.17) is 12.2 Å². The van der Waals surface area contributed by atoms with Crippen molar-refractivity contribution < 1.29 is 4.79 Å². The molecule has 0 aliphatic carbocycles. The molecule has 4 heteroatoms. The molecule has 2 nitrogen and oxygen atoms in total. The van der Waals surface area contributed by atoms with Gasteiger partial charge in [-0.15, -0.1) is 11.8 Å². The average molecular weight is 253 g/mol. The fourth-order valence-electron chi connectivity index (χ4n) is 1.11. The summed E-state index contributed by atoms with van der Waals surface area (Å²) < 4.78 is 0.854. The van der Waals surface area contributed by atoms with E-state index in [1.807, 2.05) is 30.3 Å². The van der Waals surface area contributed by atoms with Crippen molar-refractivity contribution in [2.45, 2.75) is 6.42 Å². The summed E-state index contributed by atoms with van der Waals surface area (Å²) in [7, 11) is 3.53. The molecule has 0 bridgehead atoms. The monoisotopic (exact) mass is 253 g/mol. The zero-order chi connectivity index (χ0) is 12.0. The lowest BCUT2D eigenvalue weighted by molar-refractivity contribution is -0.128. The molecule has 0 radical (unpaired) electrons. The van der Waals surface area contributed by atoms with E-state index in [1.165, 1.54) is 0 Å². The van der Waals surface area contributed by atoms with E-state index in [1.54, 1.807) is 30.8 Å². The van der Waals surface area contributed by atoms with Gasteiger partial charge in [0.1, 0.15) is 0 Å². The summed E-state index contributed by atoms with van der Waals surface area (Å²) in [5.41, 5.74) is 1.06. The lowest BCUT2D eigenvalue weighted by Crippen LogP contribution is -2.21. The summed E-state index contributed by atoms with van der Waals surface area (Å²) in [5, 5.41) is 0. The highest BCUT2D eigenvalue weighted by atomic mass is 32.2. The maximum absolute atomic E-state index is 11.3. The number of rotatable bonds is 4. The Bertz CT molecular complexity index is 363. The molecule has 1 aromatic carbocycles. The lowest BCUT2D eigenvalue weighted by atomic mass is 10.2. The first kappa shape index (κ1) is 13.2. The molecule has 1 aromatic rings. The van der Waals surface area contributed by atoms with E-state index in [0.29, 0.717) is 6.42 Å². The van der Waals surface area contributed by atoms with Crippen LogP contribution in [0.2, 0.25) is 0 Å². The number of thiocarbonyl (C=S) groups is 1. The van der Waals surface area contributed by atoms with E-state index in [9.17, 15) is 4.79 Å². The van der Waals surface area contributed by atoms with Crippen LogP contribution in [0, 0.1) is 0 Å². The van der Waals surface area contributed by atoms with Gasteiger partial charge >= 0.3 is 0 Å². The van der Waals surface area contributed by atoms with Crippen molar-refractivity contribution in [2.24, 2.45) is 0 Å². The number of nitrogens with zero attached hydrogens (tertiary/aromatic N) is 1. The molecular weight excluding hydrogens is 238 g/mol. The Kier molecular flexibility index (Phi) is 5.49. The maximum atomic E-state index is 11.3. The first-order chi connectivity index (χ1) is 7.61. The van der Waals surface area contributed by atoms with Gasteiger partial charge in [-0.2, -0.15) is 0 Å². The van der Waals surface area contributed by atoms with Crippen LogP contribution in [0.3, 0.4) is 0 Å². The van der Waals surface area contributed by atoms with Gasteiger partial charge in [0.2, 0.25) is 5.91 Å². The first-order valence-corrected chi connectivity index (χ1v) is 6.43. The molecule has 0 aliphatic rings. The summed E-state index contributed by atoms with van der Waals surface area (Å²) in [6, 6.07) is 9.87. The van der Waals surface area contributed by atoms with E-state index >= 15 is 0 Å². The van der Waals surface area contributed by atoms with Gasteiger partial charge in [-0.25, -0.2) is 0 Å². The fourth-order valence-corrected chi connectivity index (χ4v) is 2.26. The Morgan fingerprint density at radius 1 is 1.31 bits per heavy atom. The van der Waals surface area contributed by atoms with Crippen molar-refractivity contribution in [3.63, 3.8) is 0 Å². The molecule has 0 fully saturated rings. The third-order valence-electron chi connectivity index (χ3n) is 2.06. The summed E-state index contributed by atoms with van der Waals surface area (Å²) in [6.07, 6.45) is 0.532. The molecule has 0 heterocycles. The minimum Gasteiger partial charge on any atom is -0.349 e. The molecule has 1 rings (SSSR count). The smallest absolute Gasteiger partial charge is 0.222 e. The van der Waals surface area contributed by atoms with Crippen molar-refractivity contribution in [1.82, 2.24) is 4.90 Å². The Morgan fingerprint density at radius 3 is 2.50 bits per heavy atom. The van der Waals surface area contributed by atoms with Crippen molar-refractivity contribution >= 4 is 34.1 Å². The molecule has 0 saturated heterocycles. The predicted molar refractivity (Wildman–Crippen MR) is 73.9 cm³/mol. The van der Waals surface area contributed by atoms with E-state index in [2.05, 4.69) is 0 Å². The minimum atomic E-state index is 0.142. The second-order valence-electron chi connectivity index (χ2n) is 3.54. The molecule has 0 spiro atoms. The molecule has 86 valence electrons. The molecule has 16 heavy (non-hydrogen) atoms. The van der Waals surface area contributed by atoms with Gasteiger partial charge in [-0.05, 0) is 5.56 Å². The van der Waals surface area contributed by atoms with Gasteiger partial charge in [-0.3, -0.25) is 4.79 Å². The highest BCUT2D eigenvalue weighted by molar-refractivity contribution is 8.23. The van der Waals surface area contributed by atoms with Gasteiger partial charge in [0, 0.05) is 26.3 Å². The van der Waals surface area contributed by atoms with Crippen molar-refractivity contribution in [3.8, 4) is 0 Å². The molecule has 0 aromatic heterocycles. The Labute approximate surface area is 106 Å². The lowest BCUT2D eigenvalue weighted by Gasteiger charge is -2.09. The van der Waals surface area contributed by atoms with Crippen molar-refractivity contribution in [3.05, 3.63) is 35.9 Å². The number of thioether (sulfide) groups is 1. The second kappa shape index (κ2) is 6.66. The van der Waals surface area contributed by atoms with E-state index < -0.39 is 0 Å². The Hall–Kier alpha value is -0.870. The van der Waals surface area contributed by atoms with E-state index in [-0.39, 0.29) is 5.91 Å². The van der Waals surface area contributed by atoms with Crippen LogP contribution in [0.15, 0.2) is 30.3 Å². The van der Waals surface area contributed by atoms with Crippen LogP contribution in [-0.2, 0) is 4.79 Å². The third kappa shape index (κ3) is 4.33. The van der Waals surface area contributed by atoms with Crippen LogP contribution in [0.4, 0.5) is 0 Å². The number of benzene rings is 1. The number of carbonyl (C=O) groups is 1. The minimum absolute atomic E-state index is 0.142. The standard InChI is InChI=1S/C12H15NOS2/c1-13(2)11(14)8-9-16-12(15)10-6-4-3-5-7-10/h3-7H,8-9H2,1-2H3. The molecule has 0 N–H and O–H groups in total. The molecule has 0 saturated carbocycles. The summed E-state index contributed by atoms with van der Waals surface area (Å²) >= 11 is 6.84. The van der Waals surface area contributed by atoms with Gasteiger partial charge in [-0.1, -0.05) is 42.5 Å². The topological polar surface area (TPSA) is 20.3 Å². The van der Waals surface area contributed by atoms with E-state index in [0.717, 1.165) is 15.5 Å². The second-order valence-corrected chi connectivity index (χ2v) is 5.31. The number of carbonyl (C=O) groups excluding carboxylic acids is 1. The highest BCUT2D eigenvalue weighted by Crippen LogP contribution is 2.14. The zero-order valence-electron chi connectivity index (χ0n) is 9.47. The first-order valence-electron chi connectivity index (χ1n) is 5.03. The van der Waals surface area contributed by atoms with Crippen LogP contribution >= 0.6 is 24.0 Å². The van der Waals surface area contributed by atoms with Gasteiger partial charge in [0.15, 0.2) is 0 Å². The van der Waals surface area contributed by atoms with Crippen LogP contribution in [0.1, 0.15) is 12.0 Å².